The van der Waals surface area contributed by atoms with Crippen LogP contribution in [0.25, 0.3) is 0 Å². The Labute approximate surface area is 214 Å². The second-order valence-electron chi connectivity index (χ2n) is 9.84. The third-order valence-electron chi connectivity index (χ3n) is 7.00. The Morgan fingerprint density at radius 2 is 1.67 bits per heavy atom. The van der Waals surface area contributed by atoms with Gasteiger partial charge in [-0.15, -0.1) is 0 Å². The maximum Gasteiger partial charge on any atom is 0.161 e. The number of methoxy groups -OCH3 is 2. The van der Waals surface area contributed by atoms with Crippen LogP contribution in [0.3, 0.4) is 0 Å². The van der Waals surface area contributed by atoms with E-state index in [9.17, 15) is 0 Å². The fourth-order valence-electron chi connectivity index (χ4n) is 4.73. The fourth-order valence-corrected chi connectivity index (χ4v) is 4.73. The monoisotopic (exact) mass is 493 g/mol. The molecule has 2 heterocycles. The summed E-state index contributed by atoms with van der Waals surface area (Å²) in [7, 11) is 3.48. The van der Waals surface area contributed by atoms with E-state index in [0.717, 1.165) is 60.9 Å². The Balaban J connectivity index is 1.31. The van der Waals surface area contributed by atoms with Crippen LogP contribution in [-0.2, 0) is 17.8 Å². The molecular formula is C29H39N3O4. The molecule has 0 radical (unpaired) electrons. The van der Waals surface area contributed by atoms with Crippen molar-refractivity contribution in [3.05, 3.63) is 71.0 Å². The quantitative estimate of drug-likeness (QED) is 0.377. The first-order valence-electron chi connectivity index (χ1n) is 12.7. The van der Waals surface area contributed by atoms with Crippen LogP contribution in [0.4, 0.5) is 0 Å². The summed E-state index contributed by atoms with van der Waals surface area (Å²) < 4.78 is 25.7. The smallest absolute Gasteiger partial charge is 0.161 e. The third-order valence-corrected chi connectivity index (χ3v) is 7.00. The number of ether oxygens (including phenoxy) is 4. The number of hydrogen-bond donors (Lipinski definition) is 0. The molecule has 4 rings (SSSR count). The van der Waals surface area contributed by atoms with Crippen molar-refractivity contribution in [1.82, 2.24) is 14.7 Å². The van der Waals surface area contributed by atoms with Crippen LogP contribution in [0.5, 0.6) is 17.2 Å². The van der Waals surface area contributed by atoms with E-state index in [1.807, 2.05) is 30.1 Å². The van der Waals surface area contributed by atoms with Crippen LogP contribution >= 0.6 is 0 Å². The van der Waals surface area contributed by atoms with Crippen molar-refractivity contribution in [2.45, 2.75) is 52.3 Å². The molecule has 3 aromatic rings. The van der Waals surface area contributed by atoms with Crippen LogP contribution in [0.15, 0.2) is 48.8 Å². The summed E-state index contributed by atoms with van der Waals surface area (Å²) in [5, 5.41) is 4.32. The van der Waals surface area contributed by atoms with Gasteiger partial charge in [-0.2, -0.15) is 5.10 Å². The van der Waals surface area contributed by atoms with Crippen molar-refractivity contribution in [2.75, 3.05) is 40.5 Å². The summed E-state index contributed by atoms with van der Waals surface area (Å²) in [6.45, 7) is 10.8. The van der Waals surface area contributed by atoms with E-state index in [2.05, 4.69) is 54.2 Å². The lowest BCUT2D eigenvalue weighted by Crippen LogP contribution is -2.48. The first-order valence-corrected chi connectivity index (χ1v) is 12.7. The van der Waals surface area contributed by atoms with E-state index < -0.39 is 0 Å². The topological polar surface area (TPSA) is 58.0 Å². The van der Waals surface area contributed by atoms with E-state index in [1.54, 1.807) is 14.2 Å². The number of piperidine rings is 1. The molecule has 0 unspecified atom stereocenters. The lowest BCUT2D eigenvalue weighted by molar-refractivity contribution is -0.0840. The molecule has 1 saturated heterocycles. The molecule has 1 aliphatic heterocycles. The molecule has 2 aromatic carbocycles. The molecule has 0 amide bonds. The van der Waals surface area contributed by atoms with Gasteiger partial charge in [0, 0.05) is 32.9 Å². The van der Waals surface area contributed by atoms with Crippen LogP contribution < -0.4 is 14.2 Å². The number of aromatic nitrogens is 2. The maximum atomic E-state index is 6.21. The molecule has 36 heavy (non-hydrogen) atoms. The molecule has 0 atom stereocenters. The van der Waals surface area contributed by atoms with Gasteiger partial charge in [0.15, 0.2) is 11.5 Å². The molecule has 1 aromatic heterocycles. The second kappa shape index (κ2) is 11.8. The average molecular weight is 494 g/mol. The minimum Gasteiger partial charge on any atom is -0.493 e. The Hall–Kier alpha value is -3.03. The summed E-state index contributed by atoms with van der Waals surface area (Å²) in [6, 6.07) is 12.5. The van der Waals surface area contributed by atoms with Crippen LogP contribution in [0.2, 0.25) is 0 Å². The van der Waals surface area contributed by atoms with Crippen LogP contribution in [-0.4, -0.2) is 60.8 Å². The lowest BCUT2D eigenvalue weighted by Gasteiger charge is -2.40. The molecule has 0 spiro atoms. The summed E-state index contributed by atoms with van der Waals surface area (Å²) in [5.74, 6) is 2.45. The first-order chi connectivity index (χ1) is 17.4. The Bertz CT molecular complexity index is 1140. The fraction of sp³-hybridized carbons (Fsp3) is 0.483. The second-order valence-corrected chi connectivity index (χ2v) is 9.84. The van der Waals surface area contributed by atoms with Gasteiger partial charge in [0.1, 0.15) is 24.6 Å². The van der Waals surface area contributed by atoms with E-state index >= 15 is 0 Å². The normalized spacial score (nSPS) is 15.6. The van der Waals surface area contributed by atoms with Gasteiger partial charge in [-0.3, -0.25) is 9.58 Å². The molecule has 0 saturated carbocycles. The lowest BCUT2D eigenvalue weighted by atomic mass is 9.91. The van der Waals surface area contributed by atoms with E-state index in [0.29, 0.717) is 19.8 Å². The van der Waals surface area contributed by atoms with Crippen molar-refractivity contribution in [2.24, 2.45) is 0 Å². The number of benzene rings is 2. The number of likely N-dealkylation sites (tertiary alicyclic amines) is 1. The van der Waals surface area contributed by atoms with Gasteiger partial charge < -0.3 is 18.9 Å². The van der Waals surface area contributed by atoms with Crippen molar-refractivity contribution in [1.29, 1.82) is 0 Å². The SMILES string of the molecule is COc1ccc(CN2CCC(COc3ccc(C)cc3C)(OC)CC2)cc1OCCn1cc(C)cn1. The molecule has 194 valence electrons. The summed E-state index contributed by atoms with van der Waals surface area (Å²) in [4.78, 5) is 2.46. The zero-order chi connectivity index (χ0) is 25.5. The highest BCUT2D eigenvalue weighted by Gasteiger charge is 2.35. The zero-order valence-corrected chi connectivity index (χ0v) is 22.3. The van der Waals surface area contributed by atoms with Gasteiger partial charge in [0.2, 0.25) is 0 Å². The number of rotatable bonds is 11. The summed E-state index contributed by atoms with van der Waals surface area (Å²) in [5.41, 5.74) is 4.50. The van der Waals surface area contributed by atoms with E-state index in [-0.39, 0.29) is 5.60 Å². The first kappa shape index (κ1) is 26.0. The number of nitrogens with zero attached hydrogens (tertiary/aromatic N) is 3. The van der Waals surface area contributed by atoms with Crippen molar-refractivity contribution < 1.29 is 18.9 Å². The van der Waals surface area contributed by atoms with Crippen LogP contribution in [0, 0.1) is 20.8 Å². The predicted octanol–water partition coefficient (Wildman–Crippen LogP) is 4.96. The molecule has 1 aliphatic rings. The van der Waals surface area contributed by atoms with Crippen molar-refractivity contribution in [3.8, 4) is 17.2 Å². The Morgan fingerprint density at radius 1 is 0.889 bits per heavy atom. The highest BCUT2D eigenvalue weighted by Crippen LogP contribution is 2.31. The Morgan fingerprint density at radius 3 is 2.33 bits per heavy atom. The summed E-state index contributed by atoms with van der Waals surface area (Å²) >= 11 is 0. The standard InChI is InChI=1S/C29H39N3O4/c1-22-6-8-26(24(3)16-22)36-21-29(34-5)10-12-31(13-11-29)20-25-7-9-27(33-4)28(17-25)35-15-14-32-19-23(2)18-30-32/h6-9,16-19H,10-15,20-21H2,1-5H3. The highest BCUT2D eigenvalue weighted by molar-refractivity contribution is 5.43. The highest BCUT2D eigenvalue weighted by atomic mass is 16.5. The largest absolute Gasteiger partial charge is 0.493 e. The van der Waals surface area contributed by atoms with Gasteiger partial charge >= 0.3 is 0 Å². The predicted molar refractivity (Wildman–Crippen MR) is 141 cm³/mol. The van der Waals surface area contributed by atoms with Crippen LogP contribution in [0.1, 0.15) is 35.1 Å². The van der Waals surface area contributed by atoms with Gasteiger partial charge in [-0.05, 0) is 68.5 Å². The number of hydrogen-bond acceptors (Lipinski definition) is 6. The Kier molecular flexibility index (Phi) is 8.54. The third kappa shape index (κ3) is 6.59. The minimum absolute atomic E-state index is 0.257. The van der Waals surface area contributed by atoms with Crippen molar-refractivity contribution in [3.63, 3.8) is 0 Å². The average Bonchev–Trinajstić information content (AvgIpc) is 3.29. The van der Waals surface area contributed by atoms with Gasteiger partial charge in [-0.25, -0.2) is 0 Å². The van der Waals surface area contributed by atoms with Gasteiger partial charge in [0.05, 0.1) is 19.9 Å². The van der Waals surface area contributed by atoms with E-state index in [1.165, 1.54) is 11.1 Å². The van der Waals surface area contributed by atoms with Gasteiger partial charge in [0.25, 0.3) is 0 Å². The molecule has 0 bridgehead atoms. The molecule has 7 heteroatoms. The molecule has 0 aliphatic carbocycles. The molecule has 0 N–H and O–H groups in total. The summed E-state index contributed by atoms with van der Waals surface area (Å²) in [6.07, 6.45) is 5.72. The van der Waals surface area contributed by atoms with Gasteiger partial charge in [-0.1, -0.05) is 23.8 Å². The minimum atomic E-state index is -0.257. The molecule has 7 nitrogen and oxygen atoms in total. The molecule has 1 fully saturated rings. The zero-order valence-electron chi connectivity index (χ0n) is 22.3. The van der Waals surface area contributed by atoms with E-state index in [4.69, 9.17) is 18.9 Å². The maximum absolute atomic E-state index is 6.21. The molecular weight excluding hydrogens is 454 g/mol. The number of aryl methyl sites for hydroxylation is 3. The van der Waals surface area contributed by atoms with Crippen molar-refractivity contribution >= 4 is 0 Å².